The van der Waals surface area contributed by atoms with E-state index in [1.165, 1.54) is 0 Å². The highest BCUT2D eigenvalue weighted by Crippen LogP contribution is 2.22. The van der Waals surface area contributed by atoms with Gasteiger partial charge < -0.3 is 4.52 Å². The SMILES string of the molecule is Cc1ccc(-c2nc(-c3ccc(Cn4cc(F)c(=O)[nH]c4=O)cc3)no2)cc1. The molecule has 28 heavy (non-hydrogen) atoms. The van der Waals surface area contributed by atoms with E-state index in [1.54, 1.807) is 24.3 Å². The summed E-state index contributed by atoms with van der Waals surface area (Å²) in [7, 11) is 0. The number of hydrogen-bond acceptors (Lipinski definition) is 5. The van der Waals surface area contributed by atoms with Crippen LogP contribution < -0.4 is 11.2 Å². The Balaban J connectivity index is 1.55. The fourth-order valence-electron chi connectivity index (χ4n) is 2.71. The number of hydrogen-bond donors (Lipinski definition) is 1. The standard InChI is InChI=1S/C20H15FN4O3/c1-12-2-6-15(7-3-12)19-22-17(24-28-19)14-8-4-13(5-9-14)10-25-11-16(21)18(26)23-20(25)27/h2-9,11H,10H2,1H3,(H,23,26,27). The summed E-state index contributed by atoms with van der Waals surface area (Å²) in [4.78, 5) is 29.2. The summed E-state index contributed by atoms with van der Waals surface area (Å²) in [5.74, 6) is -0.143. The van der Waals surface area contributed by atoms with Gasteiger partial charge in [0.1, 0.15) is 0 Å². The van der Waals surface area contributed by atoms with Gasteiger partial charge in [-0.25, -0.2) is 4.79 Å². The molecular weight excluding hydrogens is 363 g/mol. The molecule has 2 aromatic carbocycles. The Morgan fingerprint density at radius 1 is 1.04 bits per heavy atom. The van der Waals surface area contributed by atoms with E-state index in [2.05, 4.69) is 10.1 Å². The molecule has 0 saturated heterocycles. The Morgan fingerprint density at radius 2 is 1.71 bits per heavy atom. The maximum absolute atomic E-state index is 13.4. The average Bonchev–Trinajstić information content (AvgIpc) is 3.17. The summed E-state index contributed by atoms with van der Waals surface area (Å²) >= 11 is 0. The van der Waals surface area contributed by atoms with Gasteiger partial charge in [0, 0.05) is 11.1 Å². The molecule has 0 radical (unpaired) electrons. The van der Waals surface area contributed by atoms with Crippen LogP contribution in [0.2, 0.25) is 0 Å². The first kappa shape index (κ1) is 17.6. The van der Waals surface area contributed by atoms with Gasteiger partial charge in [-0.1, -0.05) is 47.1 Å². The molecule has 4 aromatic rings. The van der Waals surface area contributed by atoms with E-state index < -0.39 is 17.1 Å². The Kier molecular flexibility index (Phi) is 4.44. The van der Waals surface area contributed by atoms with Crippen molar-refractivity contribution in [1.82, 2.24) is 19.7 Å². The van der Waals surface area contributed by atoms with Crippen LogP contribution in [-0.4, -0.2) is 19.7 Å². The van der Waals surface area contributed by atoms with E-state index >= 15 is 0 Å². The molecule has 2 heterocycles. The molecule has 4 rings (SSSR count). The number of aromatic amines is 1. The van der Waals surface area contributed by atoms with Crippen LogP contribution in [0.5, 0.6) is 0 Å². The quantitative estimate of drug-likeness (QED) is 0.589. The summed E-state index contributed by atoms with van der Waals surface area (Å²) < 4.78 is 19.8. The molecule has 2 aromatic heterocycles. The molecule has 0 saturated carbocycles. The smallest absolute Gasteiger partial charge is 0.328 e. The van der Waals surface area contributed by atoms with Crippen LogP contribution in [0.3, 0.4) is 0 Å². The molecule has 0 amide bonds. The maximum atomic E-state index is 13.4. The third-order valence-corrected chi connectivity index (χ3v) is 4.26. The number of aromatic nitrogens is 4. The minimum absolute atomic E-state index is 0.119. The van der Waals surface area contributed by atoms with Crippen LogP contribution in [0.15, 0.2) is 68.8 Å². The van der Waals surface area contributed by atoms with Crippen LogP contribution in [-0.2, 0) is 6.54 Å². The van der Waals surface area contributed by atoms with Crippen LogP contribution in [0, 0.1) is 12.7 Å². The highest BCUT2D eigenvalue weighted by molar-refractivity contribution is 5.60. The lowest BCUT2D eigenvalue weighted by molar-refractivity contribution is 0.432. The van der Waals surface area contributed by atoms with Crippen molar-refractivity contribution < 1.29 is 8.91 Å². The third-order valence-electron chi connectivity index (χ3n) is 4.26. The summed E-state index contributed by atoms with van der Waals surface area (Å²) in [5.41, 5.74) is 1.76. The van der Waals surface area contributed by atoms with E-state index in [0.717, 1.165) is 33.0 Å². The monoisotopic (exact) mass is 378 g/mol. The molecule has 0 fully saturated rings. The largest absolute Gasteiger partial charge is 0.334 e. The molecule has 0 atom stereocenters. The van der Waals surface area contributed by atoms with Crippen LogP contribution >= 0.6 is 0 Å². The van der Waals surface area contributed by atoms with E-state index in [4.69, 9.17) is 4.52 Å². The van der Waals surface area contributed by atoms with Crippen molar-refractivity contribution in [2.45, 2.75) is 13.5 Å². The van der Waals surface area contributed by atoms with Gasteiger partial charge in [0.15, 0.2) is 0 Å². The van der Waals surface area contributed by atoms with Crippen molar-refractivity contribution in [3.8, 4) is 22.8 Å². The minimum Gasteiger partial charge on any atom is -0.334 e. The van der Waals surface area contributed by atoms with E-state index in [0.29, 0.717) is 11.7 Å². The first-order valence-corrected chi connectivity index (χ1v) is 8.49. The fraction of sp³-hybridized carbons (Fsp3) is 0.100. The molecular formula is C20H15FN4O3. The summed E-state index contributed by atoms with van der Waals surface area (Å²) in [6.45, 7) is 2.12. The zero-order valence-corrected chi connectivity index (χ0v) is 14.8. The van der Waals surface area contributed by atoms with Crippen molar-refractivity contribution in [3.63, 3.8) is 0 Å². The Hall–Kier alpha value is -3.81. The van der Waals surface area contributed by atoms with Crippen molar-refractivity contribution in [1.29, 1.82) is 0 Å². The summed E-state index contributed by atoms with van der Waals surface area (Å²) in [6.07, 6.45) is 0.891. The first-order chi connectivity index (χ1) is 13.5. The first-order valence-electron chi connectivity index (χ1n) is 8.49. The number of rotatable bonds is 4. The molecule has 0 aliphatic carbocycles. The zero-order valence-electron chi connectivity index (χ0n) is 14.8. The van der Waals surface area contributed by atoms with Crippen LogP contribution in [0.25, 0.3) is 22.8 Å². The molecule has 0 aliphatic heterocycles. The van der Waals surface area contributed by atoms with Crippen LogP contribution in [0.4, 0.5) is 4.39 Å². The topological polar surface area (TPSA) is 93.8 Å². The maximum Gasteiger partial charge on any atom is 0.328 e. The van der Waals surface area contributed by atoms with Gasteiger partial charge >= 0.3 is 5.69 Å². The number of halogens is 1. The molecule has 0 bridgehead atoms. The normalized spacial score (nSPS) is 10.9. The lowest BCUT2D eigenvalue weighted by Gasteiger charge is -2.05. The highest BCUT2D eigenvalue weighted by Gasteiger charge is 2.11. The number of nitrogens with one attached hydrogen (secondary N) is 1. The molecule has 8 heteroatoms. The predicted molar refractivity (Wildman–Crippen MR) is 100 cm³/mol. The van der Waals surface area contributed by atoms with Gasteiger partial charge in [0.05, 0.1) is 12.7 Å². The van der Waals surface area contributed by atoms with Gasteiger partial charge in [-0.05, 0) is 24.6 Å². The number of nitrogens with zero attached hydrogens (tertiary/aromatic N) is 3. The second kappa shape index (κ2) is 7.07. The van der Waals surface area contributed by atoms with Gasteiger partial charge in [-0.15, -0.1) is 0 Å². The highest BCUT2D eigenvalue weighted by atomic mass is 19.1. The lowest BCUT2D eigenvalue weighted by atomic mass is 10.1. The van der Waals surface area contributed by atoms with Crippen molar-refractivity contribution in [2.24, 2.45) is 0 Å². The summed E-state index contributed by atoms with van der Waals surface area (Å²) in [6, 6.07) is 14.9. The Bertz CT molecular complexity index is 1240. The van der Waals surface area contributed by atoms with E-state index in [-0.39, 0.29) is 6.54 Å². The van der Waals surface area contributed by atoms with Crippen molar-refractivity contribution in [3.05, 3.63) is 92.5 Å². The molecule has 0 unspecified atom stereocenters. The van der Waals surface area contributed by atoms with Gasteiger partial charge in [-0.2, -0.15) is 9.37 Å². The van der Waals surface area contributed by atoms with Crippen molar-refractivity contribution in [2.75, 3.05) is 0 Å². The summed E-state index contributed by atoms with van der Waals surface area (Å²) in [5, 5.41) is 4.00. The number of benzene rings is 2. The zero-order chi connectivity index (χ0) is 19.7. The molecule has 0 spiro atoms. The predicted octanol–water partition coefficient (Wildman–Crippen LogP) is 2.75. The second-order valence-electron chi connectivity index (χ2n) is 6.35. The number of aryl methyl sites for hydroxylation is 1. The number of H-pyrrole nitrogens is 1. The Morgan fingerprint density at radius 3 is 2.43 bits per heavy atom. The fourth-order valence-corrected chi connectivity index (χ4v) is 2.71. The van der Waals surface area contributed by atoms with Gasteiger partial charge in [0.25, 0.3) is 11.4 Å². The minimum atomic E-state index is -1.03. The van der Waals surface area contributed by atoms with Gasteiger partial charge in [0.2, 0.25) is 11.6 Å². The molecule has 1 N–H and O–H groups in total. The molecule has 140 valence electrons. The Labute approximate surface area is 158 Å². The average molecular weight is 378 g/mol. The lowest BCUT2D eigenvalue weighted by Crippen LogP contribution is -2.31. The molecule has 0 aliphatic rings. The van der Waals surface area contributed by atoms with E-state index in [1.807, 2.05) is 36.2 Å². The van der Waals surface area contributed by atoms with Gasteiger partial charge in [-0.3, -0.25) is 14.3 Å². The molecule has 7 nitrogen and oxygen atoms in total. The third kappa shape index (κ3) is 3.52. The van der Waals surface area contributed by atoms with E-state index in [9.17, 15) is 14.0 Å². The van der Waals surface area contributed by atoms with Crippen LogP contribution in [0.1, 0.15) is 11.1 Å². The van der Waals surface area contributed by atoms with Crippen molar-refractivity contribution >= 4 is 0 Å². The second-order valence-corrected chi connectivity index (χ2v) is 6.35.